The van der Waals surface area contributed by atoms with Gasteiger partial charge < -0.3 is 10.1 Å². The molecule has 2 aromatic carbocycles. The van der Waals surface area contributed by atoms with Gasteiger partial charge in [-0.15, -0.1) is 0 Å². The molecule has 0 aromatic heterocycles. The third kappa shape index (κ3) is 5.80. The standard InChI is InChI=1S/C20H23N3O6S/c1-3-21-20(26)22-18(24)14-29-19(25)15-9-8-12-17(13-15)30(27,28)23(4-2)16-10-6-5-7-11-16/h5-13H,3-4,14H2,1-2H3,(H2,21,22,24,26). The largest absolute Gasteiger partial charge is 0.452 e. The summed E-state index contributed by atoms with van der Waals surface area (Å²) in [7, 11) is -3.92. The monoisotopic (exact) mass is 433 g/mol. The first kappa shape index (κ1) is 22.9. The lowest BCUT2D eigenvalue weighted by Crippen LogP contribution is -2.41. The molecule has 0 radical (unpaired) electrons. The fourth-order valence-corrected chi connectivity index (χ4v) is 4.10. The van der Waals surface area contributed by atoms with Crippen molar-refractivity contribution in [3.8, 4) is 0 Å². The van der Waals surface area contributed by atoms with Crippen LogP contribution in [0.4, 0.5) is 10.5 Å². The maximum absolute atomic E-state index is 13.1. The lowest BCUT2D eigenvalue weighted by molar-refractivity contribution is -0.123. The van der Waals surface area contributed by atoms with Crippen molar-refractivity contribution in [1.82, 2.24) is 10.6 Å². The third-order valence-corrected chi connectivity index (χ3v) is 5.81. The van der Waals surface area contributed by atoms with Crippen molar-refractivity contribution in [1.29, 1.82) is 0 Å². The van der Waals surface area contributed by atoms with Crippen LogP contribution in [0, 0.1) is 0 Å². The Morgan fingerprint density at radius 1 is 1.00 bits per heavy atom. The van der Waals surface area contributed by atoms with Gasteiger partial charge >= 0.3 is 12.0 Å². The molecular weight excluding hydrogens is 410 g/mol. The Bertz CT molecular complexity index is 1010. The molecule has 0 aliphatic rings. The van der Waals surface area contributed by atoms with E-state index < -0.39 is 34.5 Å². The van der Waals surface area contributed by atoms with Gasteiger partial charge in [-0.05, 0) is 44.2 Å². The summed E-state index contributed by atoms with van der Waals surface area (Å²) in [5.74, 6) is -1.69. The molecule has 2 N–H and O–H groups in total. The summed E-state index contributed by atoms with van der Waals surface area (Å²) in [6, 6.07) is 13.2. The molecule has 2 aromatic rings. The van der Waals surface area contributed by atoms with E-state index in [-0.39, 0.29) is 17.0 Å². The van der Waals surface area contributed by atoms with Gasteiger partial charge in [0.2, 0.25) is 0 Å². The number of urea groups is 1. The highest BCUT2D eigenvalue weighted by Crippen LogP contribution is 2.24. The highest BCUT2D eigenvalue weighted by atomic mass is 32.2. The van der Waals surface area contributed by atoms with Gasteiger partial charge in [-0.3, -0.25) is 14.4 Å². The minimum Gasteiger partial charge on any atom is -0.452 e. The number of amides is 3. The Hall–Kier alpha value is -3.40. The molecular formula is C20H23N3O6S. The van der Waals surface area contributed by atoms with Crippen LogP contribution in [0.5, 0.6) is 0 Å². The summed E-state index contributed by atoms with van der Waals surface area (Å²) in [6.45, 7) is 3.23. The maximum atomic E-state index is 13.1. The number of hydrogen-bond donors (Lipinski definition) is 2. The molecule has 0 fully saturated rings. The minimum atomic E-state index is -3.92. The average Bonchev–Trinajstić information content (AvgIpc) is 2.73. The Morgan fingerprint density at radius 2 is 1.70 bits per heavy atom. The normalized spacial score (nSPS) is 10.7. The predicted molar refractivity (Wildman–Crippen MR) is 111 cm³/mol. The predicted octanol–water partition coefficient (Wildman–Crippen LogP) is 1.90. The van der Waals surface area contributed by atoms with Crippen LogP contribution in [-0.4, -0.2) is 46.0 Å². The van der Waals surface area contributed by atoms with Crippen molar-refractivity contribution in [2.24, 2.45) is 0 Å². The van der Waals surface area contributed by atoms with Crippen LogP contribution in [0.2, 0.25) is 0 Å². The van der Waals surface area contributed by atoms with Gasteiger partial charge in [-0.2, -0.15) is 0 Å². The first-order chi connectivity index (χ1) is 14.3. The molecule has 30 heavy (non-hydrogen) atoms. The van der Waals surface area contributed by atoms with Crippen molar-refractivity contribution >= 4 is 33.6 Å². The van der Waals surface area contributed by atoms with Gasteiger partial charge in [0.1, 0.15) is 0 Å². The van der Waals surface area contributed by atoms with Crippen molar-refractivity contribution in [2.75, 3.05) is 24.0 Å². The summed E-state index contributed by atoms with van der Waals surface area (Å²) >= 11 is 0. The van der Waals surface area contributed by atoms with E-state index in [1.807, 2.05) is 5.32 Å². The van der Waals surface area contributed by atoms with E-state index in [0.717, 1.165) is 0 Å². The summed E-state index contributed by atoms with van der Waals surface area (Å²) in [5, 5.41) is 4.36. The number of nitrogens with one attached hydrogen (secondary N) is 2. The molecule has 0 heterocycles. The Labute approximate surface area is 175 Å². The highest BCUT2D eigenvalue weighted by Gasteiger charge is 2.24. The average molecular weight is 433 g/mol. The fourth-order valence-electron chi connectivity index (χ4n) is 2.58. The molecule has 0 aliphatic carbocycles. The Kier molecular flexibility index (Phi) is 7.93. The molecule has 0 saturated heterocycles. The summed E-state index contributed by atoms with van der Waals surface area (Å²) in [4.78, 5) is 35.1. The van der Waals surface area contributed by atoms with Crippen LogP contribution in [0.1, 0.15) is 24.2 Å². The lowest BCUT2D eigenvalue weighted by atomic mass is 10.2. The molecule has 0 aliphatic heterocycles. The second kappa shape index (κ2) is 10.4. The zero-order valence-electron chi connectivity index (χ0n) is 16.6. The summed E-state index contributed by atoms with van der Waals surface area (Å²) in [6.07, 6.45) is 0. The number of esters is 1. The maximum Gasteiger partial charge on any atom is 0.338 e. The van der Waals surface area contributed by atoms with E-state index in [9.17, 15) is 22.8 Å². The number of sulfonamides is 1. The zero-order valence-corrected chi connectivity index (χ0v) is 17.4. The Morgan fingerprint density at radius 3 is 2.33 bits per heavy atom. The van der Waals surface area contributed by atoms with E-state index in [2.05, 4.69) is 5.32 Å². The van der Waals surface area contributed by atoms with E-state index in [1.54, 1.807) is 44.2 Å². The van der Waals surface area contributed by atoms with Crippen molar-refractivity contribution in [2.45, 2.75) is 18.7 Å². The first-order valence-electron chi connectivity index (χ1n) is 9.22. The number of para-hydroxylation sites is 1. The SMILES string of the molecule is CCNC(=O)NC(=O)COC(=O)c1cccc(S(=O)(=O)N(CC)c2ccccc2)c1. The van der Waals surface area contributed by atoms with E-state index in [4.69, 9.17) is 4.74 Å². The van der Waals surface area contributed by atoms with Crippen LogP contribution in [-0.2, 0) is 19.6 Å². The van der Waals surface area contributed by atoms with Crippen LogP contribution < -0.4 is 14.9 Å². The van der Waals surface area contributed by atoms with Gasteiger partial charge in [-0.25, -0.2) is 18.0 Å². The molecule has 0 atom stereocenters. The highest BCUT2D eigenvalue weighted by molar-refractivity contribution is 7.92. The molecule has 9 nitrogen and oxygen atoms in total. The zero-order chi connectivity index (χ0) is 22.1. The number of nitrogens with zero attached hydrogens (tertiary/aromatic N) is 1. The smallest absolute Gasteiger partial charge is 0.338 e. The summed E-state index contributed by atoms with van der Waals surface area (Å²) in [5.41, 5.74) is 0.459. The molecule has 10 heteroatoms. The second-order valence-electron chi connectivity index (χ2n) is 6.02. The number of benzene rings is 2. The van der Waals surface area contributed by atoms with E-state index in [1.165, 1.54) is 28.6 Å². The fraction of sp³-hybridized carbons (Fsp3) is 0.250. The molecule has 0 saturated carbocycles. The van der Waals surface area contributed by atoms with E-state index >= 15 is 0 Å². The topological polar surface area (TPSA) is 122 Å². The molecule has 160 valence electrons. The summed E-state index contributed by atoms with van der Waals surface area (Å²) < 4.78 is 32.2. The number of carbonyl (C=O) groups is 3. The number of rotatable bonds is 8. The van der Waals surface area contributed by atoms with Gasteiger partial charge in [0.05, 0.1) is 16.1 Å². The van der Waals surface area contributed by atoms with Crippen LogP contribution in [0.3, 0.4) is 0 Å². The Balaban J connectivity index is 2.14. The van der Waals surface area contributed by atoms with Gasteiger partial charge in [0, 0.05) is 13.1 Å². The van der Waals surface area contributed by atoms with Crippen LogP contribution in [0.25, 0.3) is 0 Å². The van der Waals surface area contributed by atoms with Crippen LogP contribution >= 0.6 is 0 Å². The van der Waals surface area contributed by atoms with Crippen LogP contribution in [0.15, 0.2) is 59.5 Å². The third-order valence-electron chi connectivity index (χ3n) is 3.91. The van der Waals surface area contributed by atoms with Gasteiger partial charge in [0.15, 0.2) is 6.61 Å². The quantitative estimate of drug-likeness (QED) is 0.613. The molecule has 0 bridgehead atoms. The van der Waals surface area contributed by atoms with Crippen molar-refractivity contribution < 1.29 is 27.5 Å². The molecule has 3 amide bonds. The van der Waals surface area contributed by atoms with E-state index in [0.29, 0.717) is 12.2 Å². The van der Waals surface area contributed by atoms with Gasteiger partial charge in [-0.1, -0.05) is 24.3 Å². The van der Waals surface area contributed by atoms with Crippen molar-refractivity contribution in [3.63, 3.8) is 0 Å². The number of carbonyl (C=O) groups excluding carboxylic acids is 3. The lowest BCUT2D eigenvalue weighted by Gasteiger charge is -2.23. The number of anilines is 1. The number of hydrogen-bond acceptors (Lipinski definition) is 6. The number of ether oxygens (including phenoxy) is 1. The molecule has 0 spiro atoms. The molecule has 0 unspecified atom stereocenters. The first-order valence-corrected chi connectivity index (χ1v) is 10.7. The second-order valence-corrected chi connectivity index (χ2v) is 7.88. The van der Waals surface area contributed by atoms with Crippen molar-refractivity contribution in [3.05, 3.63) is 60.2 Å². The van der Waals surface area contributed by atoms with Gasteiger partial charge in [0.25, 0.3) is 15.9 Å². The molecule has 2 rings (SSSR count). The minimum absolute atomic E-state index is 0.0361. The number of imide groups is 1.